The molecule has 1 unspecified atom stereocenters. The Kier molecular flexibility index (Phi) is 2.98. The third-order valence-electron chi connectivity index (χ3n) is 4.25. The summed E-state index contributed by atoms with van der Waals surface area (Å²) in [5.41, 5.74) is 2.59. The van der Waals surface area contributed by atoms with E-state index in [1.165, 1.54) is 36.9 Å². The minimum atomic E-state index is -0.684. The lowest BCUT2D eigenvalue weighted by molar-refractivity contribution is -0.137. The number of aliphatic carboxylic acids is 1. The van der Waals surface area contributed by atoms with Crippen LogP contribution < -0.4 is 4.90 Å². The molecule has 1 heterocycles. The fraction of sp³-hybridized carbons (Fsp3) is 0.533. The minimum Gasteiger partial charge on any atom is -0.481 e. The van der Waals surface area contributed by atoms with Gasteiger partial charge in [-0.2, -0.15) is 0 Å². The summed E-state index contributed by atoms with van der Waals surface area (Å²) in [7, 11) is 0. The molecule has 0 amide bonds. The molecule has 1 aromatic carbocycles. The lowest BCUT2D eigenvalue weighted by Gasteiger charge is -2.32. The molecule has 0 bridgehead atoms. The number of hydrogen-bond donors (Lipinski definition) is 1. The van der Waals surface area contributed by atoms with Gasteiger partial charge in [0.05, 0.1) is 6.42 Å². The first-order valence-electron chi connectivity index (χ1n) is 6.84. The van der Waals surface area contributed by atoms with Gasteiger partial charge in [-0.3, -0.25) is 4.79 Å². The zero-order valence-corrected chi connectivity index (χ0v) is 10.5. The van der Waals surface area contributed by atoms with Crippen molar-refractivity contribution < 1.29 is 9.90 Å². The van der Waals surface area contributed by atoms with Crippen LogP contribution in [0.3, 0.4) is 0 Å². The van der Waals surface area contributed by atoms with Crippen LogP contribution in [-0.4, -0.2) is 23.2 Å². The predicted molar refractivity (Wildman–Crippen MR) is 70.9 cm³/mol. The number of anilines is 1. The Hall–Kier alpha value is -1.51. The zero-order valence-electron chi connectivity index (χ0n) is 10.5. The number of carboxylic acids is 1. The van der Waals surface area contributed by atoms with Crippen LogP contribution in [0.2, 0.25) is 0 Å². The maximum Gasteiger partial charge on any atom is 0.305 e. The summed E-state index contributed by atoms with van der Waals surface area (Å²) >= 11 is 0. The van der Waals surface area contributed by atoms with E-state index in [0.717, 1.165) is 6.42 Å². The molecule has 18 heavy (non-hydrogen) atoms. The van der Waals surface area contributed by atoms with Crippen LogP contribution in [-0.2, 0) is 11.2 Å². The second-order valence-corrected chi connectivity index (χ2v) is 5.43. The van der Waals surface area contributed by atoms with Crippen molar-refractivity contribution in [1.29, 1.82) is 0 Å². The second kappa shape index (κ2) is 4.63. The maximum atomic E-state index is 11.0. The molecular formula is C15H19NO2. The highest BCUT2D eigenvalue weighted by molar-refractivity contribution is 5.71. The van der Waals surface area contributed by atoms with Crippen molar-refractivity contribution in [2.75, 3.05) is 4.90 Å². The van der Waals surface area contributed by atoms with Gasteiger partial charge < -0.3 is 10.0 Å². The summed E-state index contributed by atoms with van der Waals surface area (Å²) in [5.74, 6) is -0.684. The largest absolute Gasteiger partial charge is 0.481 e. The molecule has 1 aliphatic heterocycles. The van der Waals surface area contributed by atoms with Crippen molar-refractivity contribution in [2.24, 2.45) is 0 Å². The lowest BCUT2D eigenvalue weighted by atomic mass is 10.1. The number of fused-ring (bicyclic) bond motifs is 1. The van der Waals surface area contributed by atoms with Crippen molar-refractivity contribution in [3.05, 3.63) is 29.8 Å². The standard InChI is InChI=1S/C15H19NO2/c17-15(18)10-13-9-11-5-1-4-8-14(11)16(13)12-6-2-3-7-12/h1,4-5,8,12-13H,2-3,6-7,9-10H2,(H,17,18). The maximum absolute atomic E-state index is 11.0. The highest BCUT2D eigenvalue weighted by Gasteiger charge is 2.36. The van der Waals surface area contributed by atoms with Crippen molar-refractivity contribution in [3.63, 3.8) is 0 Å². The summed E-state index contributed by atoms with van der Waals surface area (Å²) in [5, 5.41) is 9.09. The van der Waals surface area contributed by atoms with Crippen LogP contribution in [0.15, 0.2) is 24.3 Å². The number of nitrogens with zero attached hydrogens (tertiary/aromatic N) is 1. The Labute approximate surface area is 107 Å². The fourth-order valence-electron chi connectivity index (χ4n) is 3.53. The summed E-state index contributed by atoms with van der Waals surface area (Å²) in [6, 6.07) is 9.11. The number of rotatable bonds is 3. The number of hydrogen-bond acceptors (Lipinski definition) is 2. The molecule has 0 aromatic heterocycles. The van der Waals surface area contributed by atoms with E-state index in [1.807, 2.05) is 0 Å². The number of carboxylic acid groups (broad SMARTS) is 1. The van der Waals surface area contributed by atoms with Crippen LogP contribution >= 0.6 is 0 Å². The molecule has 1 aromatic rings. The van der Waals surface area contributed by atoms with Gasteiger partial charge in [0.15, 0.2) is 0 Å². The highest BCUT2D eigenvalue weighted by Crippen LogP contribution is 2.39. The van der Waals surface area contributed by atoms with Crippen LogP contribution in [0, 0.1) is 0 Å². The Morgan fingerprint density at radius 3 is 2.72 bits per heavy atom. The molecule has 1 atom stereocenters. The molecule has 2 aliphatic rings. The molecule has 1 fully saturated rings. The molecule has 0 saturated heterocycles. The molecule has 3 nitrogen and oxygen atoms in total. The predicted octanol–water partition coefficient (Wildman–Crippen LogP) is 2.84. The minimum absolute atomic E-state index is 0.156. The van der Waals surface area contributed by atoms with Crippen molar-refractivity contribution in [3.8, 4) is 0 Å². The second-order valence-electron chi connectivity index (χ2n) is 5.43. The van der Waals surface area contributed by atoms with E-state index in [2.05, 4.69) is 29.2 Å². The first kappa shape index (κ1) is 11.6. The number of benzene rings is 1. The van der Waals surface area contributed by atoms with Crippen LogP contribution in [0.25, 0.3) is 0 Å². The van der Waals surface area contributed by atoms with Gasteiger partial charge >= 0.3 is 5.97 Å². The average molecular weight is 245 g/mol. The molecule has 0 spiro atoms. The molecule has 1 N–H and O–H groups in total. The van der Waals surface area contributed by atoms with Gasteiger partial charge in [0.2, 0.25) is 0 Å². The van der Waals surface area contributed by atoms with Gasteiger partial charge in [-0.05, 0) is 30.9 Å². The van der Waals surface area contributed by atoms with Crippen LogP contribution in [0.1, 0.15) is 37.7 Å². The SMILES string of the molecule is O=C(O)CC1Cc2ccccc2N1C1CCCC1. The van der Waals surface area contributed by atoms with Crippen LogP contribution in [0.5, 0.6) is 0 Å². The molecule has 96 valence electrons. The van der Waals surface area contributed by atoms with E-state index >= 15 is 0 Å². The first-order chi connectivity index (χ1) is 8.75. The topological polar surface area (TPSA) is 40.5 Å². The normalized spacial score (nSPS) is 23.3. The molecule has 0 radical (unpaired) electrons. The number of carbonyl (C=O) groups is 1. The lowest BCUT2D eigenvalue weighted by Crippen LogP contribution is -2.40. The molecule has 1 saturated carbocycles. The Bertz CT molecular complexity index is 452. The van der Waals surface area contributed by atoms with Gasteiger partial charge in [-0.25, -0.2) is 0 Å². The Morgan fingerprint density at radius 1 is 1.28 bits per heavy atom. The molecule has 1 aliphatic carbocycles. The summed E-state index contributed by atoms with van der Waals surface area (Å²) < 4.78 is 0. The van der Waals surface area contributed by atoms with Crippen molar-refractivity contribution >= 4 is 11.7 Å². The third kappa shape index (κ3) is 1.98. The van der Waals surface area contributed by atoms with Gasteiger partial charge in [0.25, 0.3) is 0 Å². The van der Waals surface area contributed by atoms with E-state index < -0.39 is 5.97 Å². The summed E-state index contributed by atoms with van der Waals surface area (Å²) in [4.78, 5) is 13.4. The Balaban J connectivity index is 1.90. The van der Waals surface area contributed by atoms with Gasteiger partial charge in [-0.1, -0.05) is 31.0 Å². The molecule has 3 heteroatoms. The third-order valence-corrected chi connectivity index (χ3v) is 4.25. The van der Waals surface area contributed by atoms with E-state index in [4.69, 9.17) is 5.11 Å². The van der Waals surface area contributed by atoms with Crippen molar-refractivity contribution in [1.82, 2.24) is 0 Å². The van der Waals surface area contributed by atoms with E-state index in [9.17, 15) is 4.79 Å². The molecule has 3 rings (SSSR count). The highest BCUT2D eigenvalue weighted by atomic mass is 16.4. The van der Waals surface area contributed by atoms with Crippen molar-refractivity contribution in [2.45, 2.75) is 50.6 Å². The monoisotopic (exact) mass is 245 g/mol. The van der Waals surface area contributed by atoms with Crippen LogP contribution in [0.4, 0.5) is 5.69 Å². The van der Waals surface area contributed by atoms with E-state index in [1.54, 1.807) is 0 Å². The quantitative estimate of drug-likeness (QED) is 0.890. The average Bonchev–Trinajstić information content (AvgIpc) is 2.93. The molecular weight excluding hydrogens is 226 g/mol. The zero-order chi connectivity index (χ0) is 12.5. The van der Waals surface area contributed by atoms with E-state index in [0.29, 0.717) is 6.04 Å². The first-order valence-corrected chi connectivity index (χ1v) is 6.84. The fourth-order valence-corrected chi connectivity index (χ4v) is 3.53. The van der Waals surface area contributed by atoms with Gasteiger partial charge in [0.1, 0.15) is 0 Å². The summed E-state index contributed by atoms with van der Waals surface area (Å²) in [6.45, 7) is 0. The summed E-state index contributed by atoms with van der Waals surface area (Å²) in [6.07, 6.45) is 6.13. The number of para-hydroxylation sites is 1. The smallest absolute Gasteiger partial charge is 0.305 e. The van der Waals surface area contributed by atoms with E-state index in [-0.39, 0.29) is 12.5 Å². The van der Waals surface area contributed by atoms with Gasteiger partial charge in [0, 0.05) is 17.8 Å². The Morgan fingerprint density at radius 2 is 2.00 bits per heavy atom. The van der Waals surface area contributed by atoms with Gasteiger partial charge in [-0.15, -0.1) is 0 Å².